The minimum absolute atomic E-state index is 0.0333. The number of rotatable bonds is 7. The highest BCUT2D eigenvalue weighted by Gasteiger charge is 2.65. The van der Waals surface area contributed by atoms with Gasteiger partial charge in [-0.2, -0.15) is 0 Å². The van der Waals surface area contributed by atoms with Crippen LogP contribution in [-0.2, 0) is 19.1 Å². The molecule has 4 fully saturated rings. The second kappa shape index (κ2) is 12.9. The van der Waals surface area contributed by atoms with Crippen molar-refractivity contribution in [2.75, 3.05) is 7.11 Å². The summed E-state index contributed by atoms with van der Waals surface area (Å²) in [6, 6.07) is 16.3. The van der Waals surface area contributed by atoms with Crippen LogP contribution in [0.1, 0.15) is 91.9 Å². The zero-order chi connectivity index (χ0) is 32.9. The molecule has 254 valence electrons. The van der Waals surface area contributed by atoms with Crippen LogP contribution in [0.2, 0.25) is 0 Å². The van der Waals surface area contributed by atoms with Gasteiger partial charge in [0.05, 0.1) is 13.2 Å². The van der Waals surface area contributed by atoms with Crippen molar-refractivity contribution < 1.29 is 32.0 Å². The summed E-state index contributed by atoms with van der Waals surface area (Å²) in [5.41, 5.74) is 1.69. The molecule has 0 spiro atoms. The minimum Gasteiger partial charge on any atom is -0.469 e. The lowest BCUT2D eigenvalue weighted by molar-refractivity contribution is -0.172. The van der Waals surface area contributed by atoms with E-state index in [4.69, 9.17) is 22.4 Å². The summed E-state index contributed by atoms with van der Waals surface area (Å²) in [4.78, 5) is 24.0. The maximum Gasteiger partial charge on any atom is 0.387 e. The first-order chi connectivity index (χ1) is 22.6. The molecule has 3 aromatic rings. The molecule has 47 heavy (non-hydrogen) atoms. The highest BCUT2D eigenvalue weighted by Crippen LogP contribution is 2.69. The Kier molecular flexibility index (Phi) is 9.02. The molecular weight excluding hydrogens is 611 g/mol. The minimum atomic E-state index is -1.72. The van der Waals surface area contributed by atoms with Gasteiger partial charge in [-0.3, -0.25) is 14.1 Å². The number of methoxy groups -OCH3 is 1. The first kappa shape index (κ1) is 32.8. The van der Waals surface area contributed by atoms with Crippen LogP contribution >= 0.6 is 8.24 Å². The normalized spacial score (nSPS) is 35.4. The number of ether oxygens (including phenoxy) is 2. The maximum absolute atomic E-state index is 12.2. The highest BCUT2D eigenvalue weighted by atomic mass is 31.1. The number of hydrogen-bond donors (Lipinski definition) is 0. The second-order valence-corrected chi connectivity index (χ2v) is 16.6. The van der Waals surface area contributed by atoms with Crippen LogP contribution < -0.4 is 4.52 Å². The van der Waals surface area contributed by atoms with Crippen molar-refractivity contribution in [1.82, 2.24) is 0 Å². The third-order valence-electron chi connectivity index (χ3n) is 13.4. The summed E-state index contributed by atoms with van der Waals surface area (Å²) in [5, 5.41) is 2.04. The first-order valence-corrected chi connectivity index (χ1v) is 19.0. The number of carbonyl (C=O) groups is 2. The molecule has 0 unspecified atom stereocenters. The Morgan fingerprint density at radius 2 is 1.60 bits per heavy atom. The number of fused-ring (bicyclic) bond motifs is 8. The van der Waals surface area contributed by atoms with Gasteiger partial charge in [-0.05, 0) is 111 Å². The molecule has 8 heteroatoms. The fraction of sp³-hybridized carbons (Fsp3) is 0.641. The number of esters is 2. The average molecular weight is 663 g/mol. The van der Waals surface area contributed by atoms with E-state index in [-0.39, 0.29) is 35.0 Å². The molecule has 1 aromatic heterocycles. The molecule has 0 saturated heterocycles. The third kappa shape index (κ3) is 5.84. The molecule has 0 bridgehead atoms. The van der Waals surface area contributed by atoms with Crippen LogP contribution in [0.4, 0.5) is 0 Å². The van der Waals surface area contributed by atoms with E-state index in [0.717, 1.165) is 60.5 Å². The maximum atomic E-state index is 12.2. The Morgan fingerprint density at radius 1 is 0.915 bits per heavy atom. The summed E-state index contributed by atoms with van der Waals surface area (Å²) in [5.74, 6) is 2.71. The summed E-state index contributed by atoms with van der Waals surface area (Å²) < 4.78 is 31.4. The van der Waals surface area contributed by atoms with E-state index < -0.39 is 8.24 Å². The summed E-state index contributed by atoms with van der Waals surface area (Å²) in [6.07, 6.45) is 9.95. The smallest absolute Gasteiger partial charge is 0.387 e. The van der Waals surface area contributed by atoms with Gasteiger partial charge >= 0.3 is 20.2 Å². The Balaban J connectivity index is 1.27. The lowest BCUT2D eigenvalue weighted by Gasteiger charge is -2.62. The van der Waals surface area contributed by atoms with Gasteiger partial charge in [0.25, 0.3) is 0 Å². The molecule has 2 aromatic carbocycles. The fourth-order valence-electron chi connectivity index (χ4n) is 11.1. The number of benzene rings is 2. The summed E-state index contributed by atoms with van der Waals surface area (Å²) in [7, 11) is -0.239. The van der Waals surface area contributed by atoms with Gasteiger partial charge < -0.3 is 17.9 Å². The molecule has 4 aliphatic rings. The van der Waals surface area contributed by atoms with Gasteiger partial charge in [-0.1, -0.05) is 57.2 Å². The van der Waals surface area contributed by atoms with E-state index in [2.05, 4.69) is 32.9 Å². The van der Waals surface area contributed by atoms with Gasteiger partial charge in [0.1, 0.15) is 17.3 Å². The second-order valence-electron chi connectivity index (χ2n) is 15.5. The number of carbonyl (C=O) groups excluding carboxylic acids is 2. The van der Waals surface area contributed by atoms with Crippen molar-refractivity contribution in [2.45, 2.75) is 104 Å². The van der Waals surface area contributed by atoms with E-state index in [0.29, 0.717) is 41.9 Å². The molecule has 1 heterocycles. The van der Waals surface area contributed by atoms with E-state index in [1.807, 2.05) is 36.4 Å². The van der Waals surface area contributed by atoms with Gasteiger partial charge in [0, 0.05) is 29.5 Å². The van der Waals surface area contributed by atoms with Crippen LogP contribution in [0.25, 0.3) is 21.9 Å². The molecule has 4 saturated carbocycles. The van der Waals surface area contributed by atoms with Crippen molar-refractivity contribution >= 4 is 42.1 Å². The molecule has 10 atom stereocenters. The number of para-hydroxylation sites is 2. The summed E-state index contributed by atoms with van der Waals surface area (Å²) >= 11 is 0. The van der Waals surface area contributed by atoms with Gasteiger partial charge in [-0.15, -0.1) is 0 Å². The topological polar surface area (TPSA) is 88.1 Å². The lowest BCUT2D eigenvalue weighted by Crippen LogP contribution is -2.60. The van der Waals surface area contributed by atoms with Crippen molar-refractivity contribution in [3.8, 4) is 0 Å². The lowest BCUT2D eigenvalue weighted by atomic mass is 9.43. The zero-order valence-corrected chi connectivity index (χ0v) is 29.5. The average Bonchev–Trinajstić information content (AvgIpc) is 3.34. The van der Waals surface area contributed by atoms with Gasteiger partial charge in [0.2, 0.25) is 0 Å². The fourth-order valence-corrected chi connectivity index (χ4v) is 12.4. The molecule has 7 nitrogen and oxygen atoms in total. The van der Waals surface area contributed by atoms with Crippen molar-refractivity contribution in [3.05, 3.63) is 48.5 Å². The predicted octanol–water partition coefficient (Wildman–Crippen LogP) is 9.88. The Hall–Kier alpha value is -2.76. The van der Waals surface area contributed by atoms with Crippen molar-refractivity contribution in [1.29, 1.82) is 0 Å². The van der Waals surface area contributed by atoms with Crippen LogP contribution in [0.5, 0.6) is 0 Å². The van der Waals surface area contributed by atoms with E-state index in [1.165, 1.54) is 33.3 Å². The molecular formula is C39H51O7P. The van der Waals surface area contributed by atoms with Crippen LogP contribution in [-0.4, -0.2) is 31.3 Å². The molecule has 0 aliphatic heterocycles. The van der Waals surface area contributed by atoms with Crippen molar-refractivity contribution in [2.24, 2.45) is 46.3 Å². The quantitative estimate of drug-likeness (QED) is 0.233. The van der Waals surface area contributed by atoms with Crippen LogP contribution in [0, 0.1) is 46.3 Å². The molecule has 4 aliphatic carbocycles. The standard InChI is InChI=1S/C39H51O7P/c1-24(14-19-37(41)42-5)31-17-18-32-30-16-15-26-22-27(43-25(2)40)20-21-38(26,3)33(30)23-36(39(31,32)4)46-47-44-34-12-8-6-10-28(34)29-11-7-9-13-35(29)45-47/h6-13,24,26-27,30-33,36H,14-23H2,1-5H3/t24-,26-,27-,30+,31-,32+,33+,36+,38+,39-/m1/s1. The first-order valence-electron chi connectivity index (χ1n) is 17.9. The summed E-state index contributed by atoms with van der Waals surface area (Å²) in [6.45, 7) is 8.88. The molecule has 0 N–H and O–H groups in total. The van der Waals surface area contributed by atoms with Gasteiger partial charge in [-0.25, -0.2) is 0 Å². The third-order valence-corrected chi connectivity index (χ3v) is 14.6. The Labute approximate surface area is 279 Å². The van der Waals surface area contributed by atoms with E-state index in [1.54, 1.807) is 0 Å². The van der Waals surface area contributed by atoms with Crippen LogP contribution in [0.15, 0.2) is 56.9 Å². The number of hydrogen-bond acceptors (Lipinski definition) is 7. The van der Waals surface area contributed by atoms with Gasteiger partial charge in [0.15, 0.2) is 0 Å². The largest absolute Gasteiger partial charge is 0.469 e. The molecule has 0 radical (unpaired) electrons. The molecule has 0 amide bonds. The Morgan fingerprint density at radius 3 is 2.26 bits per heavy atom. The van der Waals surface area contributed by atoms with Crippen molar-refractivity contribution in [3.63, 3.8) is 0 Å². The SMILES string of the molecule is COC(=O)CC[C@@H](C)[C@H]1CC[C@H]2[C@@H]3CC[C@@H]4C[C@H](OC(C)=O)CC[C@]4(C)[C@H]3C[C@H](Op3oc4ccccc4c4ccccc4o3)[C@]12C. The molecule has 7 rings (SSSR count). The van der Waals surface area contributed by atoms with E-state index >= 15 is 0 Å². The Bertz CT molecular complexity index is 1610. The monoisotopic (exact) mass is 662 g/mol. The highest BCUT2D eigenvalue weighted by molar-refractivity contribution is 7.31. The van der Waals surface area contributed by atoms with Crippen LogP contribution in [0.3, 0.4) is 0 Å². The zero-order valence-electron chi connectivity index (χ0n) is 28.6. The van der Waals surface area contributed by atoms with E-state index in [9.17, 15) is 9.59 Å². The predicted molar refractivity (Wildman–Crippen MR) is 183 cm³/mol.